The van der Waals surface area contributed by atoms with Gasteiger partial charge in [0.2, 0.25) is 0 Å². The molecule has 0 amide bonds. The van der Waals surface area contributed by atoms with Crippen LogP contribution in [-0.2, 0) is 6.42 Å². The van der Waals surface area contributed by atoms with Gasteiger partial charge in [-0.25, -0.2) is 4.98 Å². The first-order valence-electron chi connectivity index (χ1n) is 4.24. The van der Waals surface area contributed by atoms with Crippen LogP contribution in [-0.4, -0.2) is 15.9 Å². The summed E-state index contributed by atoms with van der Waals surface area (Å²) in [5, 5.41) is 0.690. The van der Waals surface area contributed by atoms with Crippen molar-refractivity contribution in [2.24, 2.45) is 5.73 Å². The molecule has 14 heavy (non-hydrogen) atoms. The van der Waals surface area contributed by atoms with Gasteiger partial charge in [0.15, 0.2) is 0 Å². The normalized spacial score (nSPS) is 11.1. The molecule has 0 spiro atoms. The Kier molecular flexibility index (Phi) is 2.76. The maximum Gasteiger partial charge on any atom is 0.138 e. The number of imidazole rings is 1. The Labute approximate surface area is 95.0 Å². The molecule has 2 aromatic rings. The second kappa shape index (κ2) is 3.88. The van der Waals surface area contributed by atoms with Crippen LogP contribution in [0.2, 0.25) is 5.02 Å². The van der Waals surface area contributed by atoms with Crippen LogP contribution in [0.3, 0.4) is 0 Å². The Balaban J connectivity index is 2.62. The van der Waals surface area contributed by atoms with Gasteiger partial charge >= 0.3 is 0 Å². The Bertz CT molecular complexity index is 466. The molecule has 0 saturated heterocycles. The zero-order valence-electron chi connectivity index (χ0n) is 7.37. The number of hydrogen-bond acceptors (Lipinski definition) is 2. The average Bonchev–Trinajstić information content (AvgIpc) is 2.46. The van der Waals surface area contributed by atoms with Gasteiger partial charge in [-0.1, -0.05) is 11.6 Å². The molecule has 0 unspecified atom stereocenters. The third-order valence-electron chi connectivity index (χ3n) is 1.97. The van der Waals surface area contributed by atoms with E-state index in [9.17, 15) is 0 Å². The van der Waals surface area contributed by atoms with Crippen molar-refractivity contribution < 1.29 is 0 Å². The standard InChI is InChI=1S/C9H9BrClN3/c10-9-7(3-4-12)13-8-2-1-6(11)5-14(8)9/h1-2,5H,3-4,12H2. The number of halogens is 2. The molecule has 2 N–H and O–H groups in total. The van der Waals surface area contributed by atoms with Crippen molar-refractivity contribution >= 4 is 33.2 Å². The summed E-state index contributed by atoms with van der Waals surface area (Å²) in [6, 6.07) is 3.70. The van der Waals surface area contributed by atoms with Gasteiger partial charge in [0, 0.05) is 12.6 Å². The van der Waals surface area contributed by atoms with Gasteiger partial charge in [-0.3, -0.25) is 4.40 Å². The highest BCUT2D eigenvalue weighted by Gasteiger charge is 2.08. The van der Waals surface area contributed by atoms with E-state index in [4.69, 9.17) is 17.3 Å². The maximum atomic E-state index is 5.88. The Morgan fingerprint density at radius 3 is 3.00 bits per heavy atom. The number of fused-ring (bicyclic) bond motifs is 1. The molecular formula is C9H9BrClN3. The van der Waals surface area contributed by atoms with Crippen LogP contribution in [0.4, 0.5) is 0 Å². The molecule has 0 fully saturated rings. The third-order valence-corrected chi connectivity index (χ3v) is 3.03. The van der Waals surface area contributed by atoms with Gasteiger partial charge in [0.25, 0.3) is 0 Å². The van der Waals surface area contributed by atoms with E-state index < -0.39 is 0 Å². The lowest BCUT2D eigenvalue weighted by Crippen LogP contribution is -2.03. The lowest BCUT2D eigenvalue weighted by molar-refractivity contribution is 0.928. The van der Waals surface area contributed by atoms with Crippen LogP contribution in [0.25, 0.3) is 5.65 Å². The Morgan fingerprint density at radius 1 is 1.50 bits per heavy atom. The van der Waals surface area contributed by atoms with Gasteiger partial charge in [0.1, 0.15) is 10.3 Å². The molecule has 0 saturated carbocycles. The van der Waals surface area contributed by atoms with Crippen LogP contribution in [0.15, 0.2) is 22.9 Å². The SMILES string of the molecule is NCCc1nc2ccc(Cl)cn2c1Br. The molecule has 0 aliphatic carbocycles. The quantitative estimate of drug-likeness (QED) is 0.913. The van der Waals surface area contributed by atoms with Crippen molar-refractivity contribution in [1.29, 1.82) is 0 Å². The van der Waals surface area contributed by atoms with Gasteiger partial charge in [-0.05, 0) is 34.6 Å². The van der Waals surface area contributed by atoms with Crippen molar-refractivity contribution in [3.05, 3.63) is 33.6 Å². The number of rotatable bonds is 2. The van der Waals surface area contributed by atoms with Crippen molar-refractivity contribution in [3.63, 3.8) is 0 Å². The minimum Gasteiger partial charge on any atom is -0.330 e. The first-order chi connectivity index (χ1) is 6.72. The van der Waals surface area contributed by atoms with E-state index >= 15 is 0 Å². The van der Waals surface area contributed by atoms with Crippen molar-refractivity contribution in [2.75, 3.05) is 6.54 Å². The fraction of sp³-hybridized carbons (Fsp3) is 0.222. The summed E-state index contributed by atoms with van der Waals surface area (Å²) in [5.74, 6) is 0. The summed E-state index contributed by atoms with van der Waals surface area (Å²) < 4.78 is 2.84. The maximum absolute atomic E-state index is 5.88. The first kappa shape index (κ1) is 9.96. The largest absolute Gasteiger partial charge is 0.330 e. The number of nitrogens with zero attached hydrogens (tertiary/aromatic N) is 2. The minimum absolute atomic E-state index is 0.593. The number of pyridine rings is 1. The topological polar surface area (TPSA) is 43.3 Å². The molecule has 2 heterocycles. The minimum atomic E-state index is 0.593. The second-order valence-electron chi connectivity index (χ2n) is 2.96. The van der Waals surface area contributed by atoms with E-state index in [1.54, 1.807) is 0 Å². The Hall–Kier alpha value is -0.580. The van der Waals surface area contributed by atoms with E-state index in [0.717, 1.165) is 22.4 Å². The van der Waals surface area contributed by atoms with Crippen LogP contribution >= 0.6 is 27.5 Å². The zero-order chi connectivity index (χ0) is 10.1. The monoisotopic (exact) mass is 273 g/mol. The van der Waals surface area contributed by atoms with Gasteiger partial charge in [-0.2, -0.15) is 0 Å². The van der Waals surface area contributed by atoms with E-state index in [2.05, 4.69) is 20.9 Å². The van der Waals surface area contributed by atoms with Crippen LogP contribution in [0, 0.1) is 0 Å². The van der Waals surface area contributed by atoms with Gasteiger partial charge in [-0.15, -0.1) is 0 Å². The predicted octanol–water partition coefficient (Wildman–Crippen LogP) is 2.25. The smallest absolute Gasteiger partial charge is 0.138 e. The summed E-state index contributed by atoms with van der Waals surface area (Å²) >= 11 is 9.36. The van der Waals surface area contributed by atoms with E-state index in [-0.39, 0.29) is 0 Å². The lowest BCUT2D eigenvalue weighted by Gasteiger charge is -1.95. The highest BCUT2D eigenvalue weighted by Crippen LogP contribution is 2.21. The third kappa shape index (κ3) is 1.65. The molecule has 0 bridgehead atoms. The second-order valence-corrected chi connectivity index (χ2v) is 4.15. The molecule has 2 rings (SSSR count). The summed E-state index contributed by atoms with van der Waals surface area (Å²) in [5.41, 5.74) is 7.33. The van der Waals surface area contributed by atoms with Crippen LogP contribution < -0.4 is 5.73 Å². The first-order valence-corrected chi connectivity index (χ1v) is 5.41. The van der Waals surface area contributed by atoms with Gasteiger partial charge < -0.3 is 5.73 Å². The molecular weight excluding hydrogens is 265 g/mol. The van der Waals surface area contributed by atoms with Crippen molar-refractivity contribution in [1.82, 2.24) is 9.38 Å². The lowest BCUT2D eigenvalue weighted by atomic mass is 10.3. The van der Waals surface area contributed by atoms with Crippen LogP contribution in [0.1, 0.15) is 5.69 Å². The molecule has 0 aliphatic heterocycles. The highest BCUT2D eigenvalue weighted by molar-refractivity contribution is 9.10. The molecule has 5 heteroatoms. The Morgan fingerprint density at radius 2 is 2.29 bits per heavy atom. The predicted molar refractivity (Wildman–Crippen MR) is 60.7 cm³/mol. The molecule has 2 aromatic heterocycles. The number of hydrogen-bond donors (Lipinski definition) is 1. The molecule has 0 atom stereocenters. The molecule has 0 aromatic carbocycles. The van der Waals surface area contributed by atoms with Gasteiger partial charge in [0.05, 0.1) is 10.7 Å². The highest BCUT2D eigenvalue weighted by atomic mass is 79.9. The summed E-state index contributed by atoms with van der Waals surface area (Å²) in [4.78, 5) is 4.42. The van der Waals surface area contributed by atoms with E-state index in [1.807, 2.05) is 22.7 Å². The molecule has 74 valence electrons. The fourth-order valence-electron chi connectivity index (χ4n) is 1.33. The van der Waals surface area contributed by atoms with Crippen LogP contribution in [0.5, 0.6) is 0 Å². The summed E-state index contributed by atoms with van der Waals surface area (Å²) in [7, 11) is 0. The zero-order valence-corrected chi connectivity index (χ0v) is 9.72. The molecule has 0 aliphatic rings. The van der Waals surface area contributed by atoms with Crippen molar-refractivity contribution in [2.45, 2.75) is 6.42 Å². The van der Waals surface area contributed by atoms with Crippen molar-refractivity contribution in [3.8, 4) is 0 Å². The van der Waals surface area contributed by atoms with E-state index in [0.29, 0.717) is 11.6 Å². The molecule has 3 nitrogen and oxygen atoms in total. The number of nitrogens with two attached hydrogens (primary N) is 1. The average molecular weight is 275 g/mol. The number of aromatic nitrogens is 2. The van der Waals surface area contributed by atoms with E-state index in [1.165, 1.54) is 0 Å². The fourth-order valence-corrected chi connectivity index (χ4v) is 2.07. The molecule has 0 radical (unpaired) electrons. The summed E-state index contributed by atoms with van der Waals surface area (Å²) in [6.07, 6.45) is 2.59. The summed E-state index contributed by atoms with van der Waals surface area (Å²) in [6.45, 7) is 0.593.